The third kappa shape index (κ3) is 3.98. The number of amides is 1. The van der Waals surface area contributed by atoms with E-state index in [4.69, 9.17) is 4.74 Å². The minimum atomic E-state index is -1.18. The highest BCUT2D eigenvalue weighted by Gasteiger charge is 2.26. The Labute approximate surface area is 165 Å². The average Bonchev–Trinajstić information content (AvgIpc) is 3.23. The fourth-order valence-electron chi connectivity index (χ4n) is 2.95. The first-order valence-electron chi connectivity index (χ1n) is 8.86. The van der Waals surface area contributed by atoms with Crippen LogP contribution in [0.15, 0.2) is 79.1 Å². The standard InChI is InChI=1S/C22H16FN3O3/c23-15-6-8-16(9-7-15)26-21(27)19(14-4-2-1-3-5-14)29-22(28)18-11-13-25-20-17(18)10-12-24-20/h1-13,19H,(H,24,25)(H,26,27). The zero-order valence-electron chi connectivity index (χ0n) is 15.1. The Kier molecular flexibility index (Phi) is 5.03. The van der Waals surface area contributed by atoms with Crippen LogP contribution in [0.1, 0.15) is 22.0 Å². The molecule has 2 aromatic carbocycles. The van der Waals surface area contributed by atoms with E-state index in [2.05, 4.69) is 15.3 Å². The van der Waals surface area contributed by atoms with Gasteiger partial charge in [-0.2, -0.15) is 0 Å². The predicted octanol–water partition coefficient (Wildman–Crippen LogP) is 4.24. The Morgan fingerprint density at radius 3 is 2.52 bits per heavy atom. The maximum absolute atomic E-state index is 13.1. The molecule has 0 saturated carbocycles. The zero-order chi connectivity index (χ0) is 20.2. The minimum absolute atomic E-state index is 0.298. The molecule has 7 heteroatoms. The summed E-state index contributed by atoms with van der Waals surface area (Å²) < 4.78 is 18.7. The lowest BCUT2D eigenvalue weighted by atomic mass is 10.1. The molecule has 2 N–H and O–H groups in total. The first kappa shape index (κ1) is 18.4. The van der Waals surface area contributed by atoms with E-state index in [9.17, 15) is 14.0 Å². The molecule has 2 aromatic heterocycles. The Balaban J connectivity index is 1.62. The van der Waals surface area contributed by atoms with Gasteiger partial charge < -0.3 is 15.0 Å². The van der Waals surface area contributed by atoms with Gasteiger partial charge >= 0.3 is 5.97 Å². The number of fused-ring (bicyclic) bond motifs is 1. The second-order valence-corrected chi connectivity index (χ2v) is 6.29. The topological polar surface area (TPSA) is 84.1 Å². The van der Waals surface area contributed by atoms with Crippen LogP contribution in [-0.2, 0) is 9.53 Å². The number of H-pyrrole nitrogens is 1. The molecule has 0 bridgehead atoms. The minimum Gasteiger partial charge on any atom is -0.444 e. The maximum Gasteiger partial charge on any atom is 0.340 e. The number of nitrogens with one attached hydrogen (secondary N) is 2. The highest BCUT2D eigenvalue weighted by molar-refractivity contribution is 6.04. The zero-order valence-corrected chi connectivity index (χ0v) is 15.1. The number of aromatic nitrogens is 2. The van der Waals surface area contributed by atoms with Crippen LogP contribution in [0.5, 0.6) is 0 Å². The molecule has 0 aliphatic carbocycles. The summed E-state index contributed by atoms with van der Waals surface area (Å²) in [5, 5.41) is 3.26. The predicted molar refractivity (Wildman–Crippen MR) is 106 cm³/mol. The SMILES string of the molecule is O=C(OC(C(=O)Nc1ccc(F)cc1)c1ccccc1)c1ccnc2[nH]ccc12. The van der Waals surface area contributed by atoms with Crippen molar-refractivity contribution in [1.29, 1.82) is 0 Å². The van der Waals surface area contributed by atoms with Crippen LogP contribution in [0.4, 0.5) is 10.1 Å². The molecule has 0 aliphatic rings. The number of pyridine rings is 1. The molecule has 1 amide bonds. The lowest BCUT2D eigenvalue weighted by Crippen LogP contribution is -2.26. The van der Waals surface area contributed by atoms with Crippen molar-refractivity contribution in [2.45, 2.75) is 6.10 Å². The van der Waals surface area contributed by atoms with Crippen LogP contribution in [-0.4, -0.2) is 21.8 Å². The third-order valence-electron chi connectivity index (χ3n) is 4.36. The van der Waals surface area contributed by atoms with Gasteiger partial charge in [0.1, 0.15) is 11.5 Å². The number of hydrogen-bond donors (Lipinski definition) is 2. The Bertz CT molecular complexity index is 1160. The highest BCUT2D eigenvalue weighted by atomic mass is 19.1. The lowest BCUT2D eigenvalue weighted by Gasteiger charge is -2.18. The molecule has 29 heavy (non-hydrogen) atoms. The molecule has 144 valence electrons. The van der Waals surface area contributed by atoms with E-state index in [0.717, 1.165) is 0 Å². The van der Waals surface area contributed by atoms with E-state index in [0.29, 0.717) is 27.8 Å². The molecule has 1 atom stereocenters. The monoisotopic (exact) mass is 389 g/mol. The van der Waals surface area contributed by atoms with Crippen LogP contribution in [0.3, 0.4) is 0 Å². The van der Waals surface area contributed by atoms with Crippen LogP contribution < -0.4 is 5.32 Å². The number of halogens is 1. The fraction of sp³-hybridized carbons (Fsp3) is 0.0455. The number of ether oxygens (including phenoxy) is 1. The van der Waals surface area contributed by atoms with Crippen LogP contribution in [0, 0.1) is 5.82 Å². The van der Waals surface area contributed by atoms with E-state index in [-0.39, 0.29) is 0 Å². The highest BCUT2D eigenvalue weighted by Crippen LogP contribution is 2.24. The van der Waals surface area contributed by atoms with Gasteiger partial charge in [0, 0.05) is 29.0 Å². The van der Waals surface area contributed by atoms with Crippen molar-refractivity contribution in [3.63, 3.8) is 0 Å². The molecule has 0 spiro atoms. The van der Waals surface area contributed by atoms with Gasteiger partial charge in [-0.1, -0.05) is 30.3 Å². The molecule has 6 nitrogen and oxygen atoms in total. The second kappa shape index (κ2) is 7.93. The van der Waals surface area contributed by atoms with Crippen molar-refractivity contribution in [1.82, 2.24) is 9.97 Å². The number of rotatable bonds is 5. The summed E-state index contributed by atoms with van der Waals surface area (Å²) in [6, 6.07) is 17.3. The molecule has 2 heterocycles. The van der Waals surface area contributed by atoms with Gasteiger partial charge in [-0.25, -0.2) is 14.2 Å². The van der Waals surface area contributed by atoms with E-state index in [1.165, 1.54) is 30.5 Å². The smallest absolute Gasteiger partial charge is 0.340 e. The van der Waals surface area contributed by atoms with Crippen LogP contribution in [0.2, 0.25) is 0 Å². The van der Waals surface area contributed by atoms with Crippen molar-refractivity contribution in [3.05, 3.63) is 96.1 Å². The van der Waals surface area contributed by atoms with Crippen molar-refractivity contribution < 1.29 is 18.7 Å². The lowest BCUT2D eigenvalue weighted by molar-refractivity contribution is -0.125. The number of hydrogen-bond acceptors (Lipinski definition) is 4. The molecule has 1 unspecified atom stereocenters. The molecule has 4 aromatic rings. The van der Waals surface area contributed by atoms with Gasteiger partial charge in [0.2, 0.25) is 6.10 Å². The van der Waals surface area contributed by atoms with Crippen LogP contribution >= 0.6 is 0 Å². The molecule has 0 radical (unpaired) electrons. The largest absolute Gasteiger partial charge is 0.444 e. The Morgan fingerprint density at radius 1 is 1.00 bits per heavy atom. The van der Waals surface area contributed by atoms with Crippen molar-refractivity contribution in [3.8, 4) is 0 Å². The Morgan fingerprint density at radius 2 is 1.76 bits per heavy atom. The summed E-state index contributed by atoms with van der Waals surface area (Å²) in [6.07, 6.45) is 1.98. The van der Waals surface area contributed by atoms with Gasteiger partial charge in [0.15, 0.2) is 0 Å². The van der Waals surface area contributed by atoms with Gasteiger partial charge in [-0.05, 0) is 36.4 Å². The van der Waals surface area contributed by atoms with Crippen LogP contribution in [0.25, 0.3) is 11.0 Å². The summed E-state index contributed by atoms with van der Waals surface area (Å²) in [6.45, 7) is 0. The van der Waals surface area contributed by atoms with E-state index in [1.807, 2.05) is 0 Å². The quantitative estimate of drug-likeness (QED) is 0.500. The molecule has 0 fully saturated rings. The Hall–Kier alpha value is -4.00. The summed E-state index contributed by atoms with van der Waals surface area (Å²) in [4.78, 5) is 32.8. The number of anilines is 1. The summed E-state index contributed by atoms with van der Waals surface area (Å²) in [7, 11) is 0. The van der Waals surface area contributed by atoms with Gasteiger partial charge in [0.05, 0.1) is 5.56 Å². The van der Waals surface area contributed by atoms with Crippen molar-refractivity contribution in [2.24, 2.45) is 0 Å². The molecule has 4 rings (SSSR count). The van der Waals surface area contributed by atoms with Crippen molar-refractivity contribution in [2.75, 3.05) is 5.32 Å². The van der Waals surface area contributed by atoms with Gasteiger partial charge in [-0.15, -0.1) is 0 Å². The van der Waals surface area contributed by atoms with E-state index < -0.39 is 23.8 Å². The number of carbonyl (C=O) groups excluding carboxylic acids is 2. The third-order valence-corrected chi connectivity index (χ3v) is 4.36. The average molecular weight is 389 g/mol. The maximum atomic E-state index is 13.1. The van der Waals surface area contributed by atoms with Crippen molar-refractivity contribution >= 4 is 28.6 Å². The van der Waals surface area contributed by atoms with Gasteiger partial charge in [-0.3, -0.25) is 4.79 Å². The number of esters is 1. The molecular formula is C22H16FN3O3. The van der Waals surface area contributed by atoms with E-state index >= 15 is 0 Å². The summed E-state index contributed by atoms with van der Waals surface area (Å²) in [5.41, 5.74) is 1.75. The number of benzene rings is 2. The number of aromatic amines is 1. The first-order valence-corrected chi connectivity index (χ1v) is 8.86. The fourth-order valence-corrected chi connectivity index (χ4v) is 2.95. The normalized spacial score (nSPS) is 11.8. The molecule has 0 aliphatic heterocycles. The molecule has 0 saturated heterocycles. The van der Waals surface area contributed by atoms with Gasteiger partial charge in [0.25, 0.3) is 5.91 Å². The summed E-state index contributed by atoms with van der Waals surface area (Å²) >= 11 is 0. The first-order chi connectivity index (χ1) is 14.1. The summed E-state index contributed by atoms with van der Waals surface area (Å²) in [5.74, 6) is -1.61. The number of carbonyl (C=O) groups is 2. The second-order valence-electron chi connectivity index (χ2n) is 6.29. The molecular weight excluding hydrogens is 373 g/mol. The van der Waals surface area contributed by atoms with E-state index in [1.54, 1.807) is 48.7 Å². The number of nitrogens with zero attached hydrogens (tertiary/aromatic N) is 1.